The van der Waals surface area contributed by atoms with Crippen LogP contribution in [0.5, 0.6) is 5.75 Å². The van der Waals surface area contributed by atoms with E-state index in [2.05, 4.69) is 10.2 Å². The maximum Gasteiger partial charge on any atom is 0.332 e. The average molecular weight is 601 g/mol. The van der Waals surface area contributed by atoms with Gasteiger partial charge in [-0.3, -0.25) is 14.2 Å². The van der Waals surface area contributed by atoms with Gasteiger partial charge in [-0.15, -0.1) is 4.80 Å². The molecule has 4 aromatic rings. The third kappa shape index (κ3) is 5.49. The van der Waals surface area contributed by atoms with Crippen LogP contribution in [0, 0.1) is 12.7 Å². The molecule has 12 nitrogen and oxygen atoms in total. The highest BCUT2D eigenvalue weighted by Crippen LogP contribution is 2.34. The number of ether oxygens (including phenoxy) is 3. The number of likely N-dealkylation sites (tertiary alicyclic amines) is 1. The molecule has 5 rings (SSSR count). The van der Waals surface area contributed by atoms with Crippen LogP contribution in [-0.2, 0) is 20.8 Å². The maximum atomic E-state index is 14.5. The van der Waals surface area contributed by atoms with E-state index in [-0.39, 0.29) is 31.1 Å². The number of benzene rings is 1. The van der Waals surface area contributed by atoms with Crippen LogP contribution < -0.4 is 16.0 Å². The molecule has 3 aromatic heterocycles. The lowest BCUT2D eigenvalue weighted by Gasteiger charge is -2.24. The first-order valence-electron chi connectivity index (χ1n) is 13.6. The standard InChI is InChI=1S/C28H33FN6O6S/c1-17-23-25(37)34(18(2)24(36)32-11-5-6-12-32)28(38)33(27(23)42-26(17)35-30-9-10-31-35)16-22(41-14-13-39-3)20-15-19(29)7-8-21(20)40-4/h7-10,15,18,22H,5-6,11-14,16H2,1-4H3/t18?,22-/m0/s1. The van der Waals surface area contributed by atoms with Crippen molar-refractivity contribution in [3.05, 3.63) is 68.4 Å². The summed E-state index contributed by atoms with van der Waals surface area (Å²) in [4.78, 5) is 45.1. The van der Waals surface area contributed by atoms with Gasteiger partial charge in [0.25, 0.3) is 5.56 Å². The number of hydrogen-bond acceptors (Lipinski definition) is 9. The van der Waals surface area contributed by atoms with Crippen molar-refractivity contribution in [2.75, 3.05) is 40.5 Å². The Morgan fingerprint density at radius 2 is 1.83 bits per heavy atom. The molecule has 0 spiro atoms. The van der Waals surface area contributed by atoms with Crippen LogP contribution in [0.1, 0.15) is 43.0 Å². The summed E-state index contributed by atoms with van der Waals surface area (Å²) in [6.45, 7) is 4.79. The van der Waals surface area contributed by atoms with Gasteiger partial charge in [-0.05, 0) is 44.9 Å². The fourth-order valence-electron chi connectivity index (χ4n) is 5.32. The Labute approximate surface area is 244 Å². The molecule has 0 N–H and O–H groups in total. The number of aryl methyl sites for hydroxylation is 1. The molecule has 42 heavy (non-hydrogen) atoms. The number of methoxy groups -OCH3 is 2. The lowest BCUT2D eigenvalue weighted by Crippen LogP contribution is -2.47. The zero-order valence-electron chi connectivity index (χ0n) is 23.9. The Kier molecular flexibility index (Phi) is 8.85. The smallest absolute Gasteiger partial charge is 0.332 e. The third-order valence-corrected chi connectivity index (χ3v) is 8.75. The van der Waals surface area contributed by atoms with E-state index in [0.717, 1.165) is 17.4 Å². The summed E-state index contributed by atoms with van der Waals surface area (Å²) < 4.78 is 33.7. The quantitative estimate of drug-likeness (QED) is 0.241. The Bertz CT molecular complexity index is 1690. The molecule has 224 valence electrons. The Hall–Kier alpha value is -3.88. The summed E-state index contributed by atoms with van der Waals surface area (Å²) in [5.41, 5.74) is -0.294. The van der Waals surface area contributed by atoms with Crippen LogP contribution in [0.15, 0.2) is 40.2 Å². The molecule has 1 fully saturated rings. The monoisotopic (exact) mass is 600 g/mol. The van der Waals surface area contributed by atoms with Crippen LogP contribution >= 0.6 is 11.3 Å². The van der Waals surface area contributed by atoms with Crippen molar-refractivity contribution in [1.82, 2.24) is 29.0 Å². The van der Waals surface area contributed by atoms with E-state index < -0.39 is 29.2 Å². The van der Waals surface area contributed by atoms with Crippen LogP contribution in [-0.4, -0.2) is 75.5 Å². The summed E-state index contributed by atoms with van der Waals surface area (Å²) in [5, 5.41) is 9.26. The van der Waals surface area contributed by atoms with Gasteiger partial charge in [0.2, 0.25) is 5.91 Å². The molecule has 1 saturated heterocycles. The molecular weight excluding hydrogens is 567 g/mol. The summed E-state index contributed by atoms with van der Waals surface area (Å²) in [5.74, 6) is -0.422. The number of nitrogens with zero attached hydrogens (tertiary/aromatic N) is 6. The van der Waals surface area contributed by atoms with Crippen LogP contribution in [0.4, 0.5) is 4.39 Å². The van der Waals surface area contributed by atoms with Crippen molar-refractivity contribution >= 4 is 27.5 Å². The van der Waals surface area contributed by atoms with Gasteiger partial charge in [0.05, 0.1) is 44.6 Å². The third-order valence-electron chi connectivity index (χ3n) is 7.47. The molecule has 0 aliphatic carbocycles. The second kappa shape index (κ2) is 12.5. The summed E-state index contributed by atoms with van der Waals surface area (Å²) in [6, 6.07) is 3.02. The second-order valence-electron chi connectivity index (χ2n) is 10.0. The first-order chi connectivity index (χ1) is 20.3. The highest BCUT2D eigenvalue weighted by atomic mass is 32.1. The van der Waals surface area contributed by atoms with Crippen LogP contribution in [0.3, 0.4) is 0 Å². The second-order valence-corrected chi connectivity index (χ2v) is 11.0. The van der Waals surface area contributed by atoms with E-state index in [4.69, 9.17) is 14.2 Å². The van der Waals surface area contributed by atoms with Gasteiger partial charge in [-0.25, -0.2) is 13.8 Å². The van der Waals surface area contributed by atoms with Crippen LogP contribution in [0.2, 0.25) is 0 Å². The molecule has 1 unspecified atom stereocenters. The topological polar surface area (TPSA) is 123 Å². The largest absolute Gasteiger partial charge is 0.496 e. The lowest BCUT2D eigenvalue weighted by molar-refractivity contribution is -0.133. The lowest BCUT2D eigenvalue weighted by atomic mass is 10.1. The van der Waals surface area contributed by atoms with Gasteiger partial charge in [-0.2, -0.15) is 10.2 Å². The van der Waals surface area contributed by atoms with Gasteiger partial charge in [-0.1, -0.05) is 11.3 Å². The zero-order chi connectivity index (χ0) is 30.0. The van der Waals surface area contributed by atoms with Crippen molar-refractivity contribution in [3.63, 3.8) is 0 Å². The number of rotatable bonds is 11. The Morgan fingerprint density at radius 3 is 2.50 bits per heavy atom. The predicted molar refractivity (Wildman–Crippen MR) is 154 cm³/mol. The van der Waals surface area contributed by atoms with Gasteiger partial charge in [0, 0.05) is 31.3 Å². The molecule has 4 heterocycles. The number of amides is 1. The first kappa shape index (κ1) is 29.6. The number of fused-ring (bicyclic) bond motifs is 1. The first-order valence-corrected chi connectivity index (χ1v) is 14.5. The van der Waals surface area contributed by atoms with Gasteiger partial charge < -0.3 is 19.1 Å². The molecule has 1 amide bonds. The Morgan fingerprint density at radius 1 is 1.12 bits per heavy atom. The minimum Gasteiger partial charge on any atom is -0.496 e. The fourth-order valence-corrected chi connectivity index (χ4v) is 6.54. The molecule has 14 heteroatoms. The average Bonchev–Trinajstić information content (AvgIpc) is 3.76. The predicted octanol–water partition coefficient (Wildman–Crippen LogP) is 2.85. The molecule has 0 radical (unpaired) electrons. The molecular formula is C28H33FN6O6S. The van der Waals surface area contributed by atoms with E-state index >= 15 is 0 Å². The summed E-state index contributed by atoms with van der Waals surface area (Å²) >= 11 is 1.18. The van der Waals surface area contributed by atoms with Crippen molar-refractivity contribution < 1.29 is 23.4 Å². The molecule has 2 atom stereocenters. The van der Waals surface area contributed by atoms with Gasteiger partial charge >= 0.3 is 5.69 Å². The van der Waals surface area contributed by atoms with E-state index in [1.165, 1.54) is 65.5 Å². The molecule has 0 saturated carbocycles. The van der Waals surface area contributed by atoms with Gasteiger partial charge in [0.15, 0.2) is 0 Å². The molecule has 1 aliphatic heterocycles. The Balaban J connectivity index is 1.72. The van der Waals surface area contributed by atoms with E-state index in [0.29, 0.717) is 39.8 Å². The van der Waals surface area contributed by atoms with Crippen LogP contribution in [0.25, 0.3) is 15.2 Å². The molecule has 1 aromatic carbocycles. The number of thiophene rings is 1. The number of aromatic nitrogens is 5. The van der Waals surface area contributed by atoms with E-state index in [9.17, 15) is 18.8 Å². The van der Waals surface area contributed by atoms with Crippen molar-refractivity contribution in [1.29, 1.82) is 0 Å². The highest BCUT2D eigenvalue weighted by Gasteiger charge is 2.31. The zero-order valence-corrected chi connectivity index (χ0v) is 24.7. The summed E-state index contributed by atoms with van der Waals surface area (Å²) in [6.07, 6.45) is 3.91. The van der Waals surface area contributed by atoms with Crippen molar-refractivity contribution in [3.8, 4) is 10.8 Å². The van der Waals surface area contributed by atoms with E-state index in [1.807, 2.05) is 0 Å². The highest BCUT2D eigenvalue weighted by molar-refractivity contribution is 7.21. The van der Waals surface area contributed by atoms with Crippen molar-refractivity contribution in [2.45, 2.75) is 45.4 Å². The van der Waals surface area contributed by atoms with Crippen molar-refractivity contribution in [2.24, 2.45) is 0 Å². The minimum absolute atomic E-state index is 0.101. The number of hydrogen-bond donors (Lipinski definition) is 0. The normalized spacial score (nSPS) is 14.9. The molecule has 1 aliphatic rings. The van der Waals surface area contributed by atoms with E-state index in [1.54, 1.807) is 18.7 Å². The number of halogens is 1. The minimum atomic E-state index is -1.04. The number of carbonyl (C=O) groups excluding carboxylic acids is 1. The van der Waals surface area contributed by atoms with Gasteiger partial charge in [0.1, 0.15) is 33.5 Å². The molecule has 0 bridgehead atoms. The SMILES string of the molecule is COCCO[C@@H](Cn1c(=O)n(C(C)C(=O)N2CCCC2)c(=O)c2c(C)c(-n3nccn3)sc21)c1cc(F)ccc1OC. The number of carbonyl (C=O) groups is 1. The maximum absolute atomic E-state index is 14.5. The summed E-state index contributed by atoms with van der Waals surface area (Å²) in [7, 11) is 2.99. The fraction of sp³-hybridized carbons (Fsp3) is 0.464.